The molecule has 16 heavy (non-hydrogen) atoms. The molecule has 0 saturated heterocycles. The van der Waals surface area contributed by atoms with E-state index in [0.29, 0.717) is 23.5 Å². The maximum absolute atomic E-state index is 12.3. The molecule has 1 fully saturated rings. The number of carbonyl (C=O) groups is 1. The second kappa shape index (κ2) is 4.20. The Kier molecular flexibility index (Phi) is 3.05. The van der Waals surface area contributed by atoms with E-state index in [-0.39, 0.29) is 5.92 Å². The van der Waals surface area contributed by atoms with Crippen molar-refractivity contribution in [1.82, 2.24) is 0 Å². The van der Waals surface area contributed by atoms with Crippen molar-refractivity contribution in [1.29, 1.82) is 0 Å². The lowest BCUT2D eigenvalue weighted by atomic mass is 9.61. The predicted molar refractivity (Wildman–Crippen MR) is 67.1 cm³/mol. The summed E-state index contributed by atoms with van der Waals surface area (Å²) in [4.78, 5) is 12.3. The van der Waals surface area contributed by atoms with Crippen LogP contribution in [0.2, 0.25) is 0 Å². The van der Waals surface area contributed by atoms with Crippen molar-refractivity contribution < 1.29 is 4.79 Å². The van der Waals surface area contributed by atoms with Gasteiger partial charge in [0.25, 0.3) is 0 Å². The molecule has 0 spiro atoms. The minimum Gasteiger partial charge on any atom is -0.294 e. The molecule has 3 atom stereocenters. The molecular formula is C15H22O. The molecule has 1 nitrogen and oxygen atoms in total. The Bertz CT molecular complexity index is 348. The van der Waals surface area contributed by atoms with E-state index in [1.54, 1.807) is 0 Å². The summed E-state index contributed by atoms with van der Waals surface area (Å²) in [6.07, 6.45) is 5.45. The van der Waals surface area contributed by atoms with Gasteiger partial charge in [0.15, 0.2) is 5.78 Å². The topological polar surface area (TPSA) is 17.1 Å². The van der Waals surface area contributed by atoms with Gasteiger partial charge in [-0.2, -0.15) is 0 Å². The monoisotopic (exact) mass is 218 g/mol. The Morgan fingerprint density at radius 3 is 2.75 bits per heavy atom. The fraction of sp³-hybridized carbons (Fsp3) is 0.667. The maximum atomic E-state index is 12.3. The molecule has 2 aliphatic rings. The van der Waals surface area contributed by atoms with Crippen LogP contribution in [0, 0.1) is 23.7 Å². The van der Waals surface area contributed by atoms with Crippen LogP contribution < -0.4 is 0 Å². The molecule has 0 radical (unpaired) electrons. The van der Waals surface area contributed by atoms with Gasteiger partial charge in [0, 0.05) is 5.92 Å². The molecule has 3 unspecified atom stereocenters. The van der Waals surface area contributed by atoms with Gasteiger partial charge in [-0.25, -0.2) is 0 Å². The molecule has 0 aromatic carbocycles. The van der Waals surface area contributed by atoms with Crippen LogP contribution in [0.3, 0.4) is 0 Å². The van der Waals surface area contributed by atoms with Crippen molar-refractivity contribution >= 4 is 5.78 Å². The van der Waals surface area contributed by atoms with E-state index >= 15 is 0 Å². The van der Waals surface area contributed by atoms with E-state index < -0.39 is 0 Å². The van der Waals surface area contributed by atoms with Gasteiger partial charge in [-0.3, -0.25) is 4.79 Å². The Morgan fingerprint density at radius 1 is 1.44 bits per heavy atom. The summed E-state index contributed by atoms with van der Waals surface area (Å²) in [6.45, 7) is 10.6. The van der Waals surface area contributed by atoms with Gasteiger partial charge in [0.1, 0.15) is 0 Å². The highest BCUT2D eigenvalue weighted by Crippen LogP contribution is 2.45. The summed E-state index contributed by atoms with van der Waals surface area (Å²) in [7, 11) is 0. The van der Waals surface area contributed by atoms with E-state index in [0.717, 1.165) is 24.8 Å². The van der Waals surface area contributed by atoms with E-state index in [1.807, 2.05) is 0 Å². The largest absolute Gasteiger partial charge is 0.294 e. The SMILES string of the molecule is C=C1CCC2C(C)=CCC(C(C)C)C2C1=O. The van der Waals surface area contributed by atoms with Gasteiger partial charge in [-0.1, -0.05) is 32.1 Å². The summed E-state index contributed by atoms with van der Waals surface area (Å²) in [6, 6.07) is 0. The Labute approximate surface area is 98.6 Å². The molecule has 0 N–H and O–H groups in total. The molecule has 0 aliphatic heterocycles. The molecular weight excluding hydrogens is 196 g/mol. The standard InChI is InChI=1S/C15H22O/c1-9(2)12-7-5-10(3)13-8-6-11(4)15(16)14(12)13/h5,9,12-14H,4,6-8H2,1-3H3. The lowest BCUT2D eigenvalue weighted by molar-refractivity contribution is -0.124. The average molecular weight is 218 g/mol. The number of ketones is 1. The van der Waals surface area contributed by atoms with Crippen LogP contribution >= 0.6 is 0 Å². The van der Waals surface area contributed by atoms with Crippen molar-refractivity contribution in [3.8, 4) is 0 Å². The van der Waals surface area contributed by atoms with E-state index in [2.05, 4.69) is 33.4 Å². The van der Waals surface area contributed by atoms with Gasteiger partial charge in [-0.15, -0.1) is 0 Å². The smallest absolute Gasteiger partial charge is 0.162 e. The lowest BCUT2D eigenvalue weighted by Crippen LogP contribution is -2.40. The Morgan fingerprint density at radius 2 is 2.12 bits per heavy atom. The van der Waals surface area contributed by atoms with Crippen LogP contribution in [0.25, 0.3) is 0 Å². The van der Waals surface area contributed by atoms with Crippen LogP contribution in [0.15, 0.2) is 23.8 Å². The molecule has 0 aromatic rings. The number of rotatable bonds is 1. The highest BCUT2D eigenvalue weighted by atomic mass is 16.1. The highest BCUT2D eigenvalue weighted by molar-refractivity contribution is 5.98. The summed E-state index contributed by atoms with van der Waals surface area (Å²) < 4.78 is 0. The third-order valence-electron chi connectivity index (χ3n) is 4.46. The number of allylic oxidation sites excluding steroid dienone is 3. The third-order valence-corrected chi connectivity index (χ3v) is 4.46. The Hall–Kier alpha value is -0.850. The quantitative estimate of drug-likeness (QED) is 0.484. The van der Waals surface area contributed by atoms with Gasteiger partial charge >= 0.3 is 0 Å². The lowest BCUT2D eigenvalue weighted by Gasteiger charge is -2.42. The molecule has 1 saturated carbocycles. The molecule has 0 amide bonds. The molecule has 2 aliphatic carbocycles. The average Bonchev–Trinajstić information content (AvgIpc) is 2.23. The second-order valence-electron chi connectivity index (χ2n) is 5.73. The van der Waals surface area contributed by atoms with Crippen LogP contribution in [-0.2, 0) is 4.79 Å². The zero-order valence-corrected chi connectivity index (χ0v) is 10.6. The van der Waals surface area contributed by atoms with E-state index in [4.69, 9.17) is 0 Å². The first kappa shape index (κ1) is 11.6. The zero-order chi connectivity index (χ0) is 11.9. The first-order chi connectivity index (χ1) is 7.52. The van der Waals surface area contributed by atoms with Gasteiger partial charge in [0.05, 0.1) is 0 Å². The van der Waals surface area contributed by atoms with Crippen LogP contribution in [0.1, 0.15) is 40.0 Å². The maximum Gasteiger partial charge on any atom is 0.162 e. The first-order valence-corrected chi connectivity index (χ1v) is 6.41. The minimum absolute atomic E-state index is 0.228. The molecule has 0 bridgehead atoms. The third kappa shape index (κ3) is 1.77. The molecule has 1 heteroatoms. The number of hydrogen-bond acceptors (Lipinski definition) is 1. The van der Waals surface area contributed by atoms with Crippen molar-refractivity contribution in [3.05, 3.63) is 23.8 Å². The Balaban J connectivity index is 2.34. The number of fused-ring (bicyclic) bond motifs is 1. The van der Waals surface area contributed by atoms with Crippen molar-refractivity contribution in [2.75, 3.05) is 0 Å². The molecule has 0 aromatic heterocycles. The first-order valence-electron chi connectivity index (χ1n) is 6.41. The van der Waals surface area contributed by atoms with Crippen LogP contribution in [-0.4, -0.2) is 5.78 Å². The van der Waals surface area contributed by atoms with Gasteiger partial charge in [0.2, 0.25) is 0 Å². The van der Waals surface area contributed by atoms with Crippen molar-refractivity contribution in [2.24, 2.45) is 23.7 Å². The van der Waals surface area contributed by atoms with Gasteiger partial charge < -0.3 is 0 Å². The fourth-order valence-corrected chi connectivity index (χ4v) is 3.36. The zero-order valence-electron chi connectivity index (χ0n) is 10.6. The minimum atomic E-state index is 0.228. The normalized spacial score (nSPS) is 35.0. The molecule has 0 heterocycles. The molecule has 88 valence electrons. The molecule has 2 rings (SSSR count). The second-order valence-corrected chi connectivity index (χ2v) is 5.73. The fourth-order valence-electron chi connectivity index (χ4n) is 3.36. The van der Waals surface area contributed by atoms with Crippen molar-refractivity contribution in [2.45, 2.75) is 40.0 Å². The summed E-state index contributed by atoms with van der Waals surface area (Å²) in [5.41, 5.74) is 2.30. The number of carbonyl (C=O) groups excluding carboxylic acids is 1. The van der Waals surface area contributed by atoms with Gasteiger partial charge in [-0.05, 0) is 49.5 Å². The summed E-state index contributed by atoms with van der Waals surface area (Å²) in [5.74, 6) is 2.19. The van der Waals surface area contributed by atoms with Crippen molar-refractivity contribution in [3.63, 3.8) is 0 Å². The summed E-state index contributed by atoms with van der Waals surface area (Å²) >= 11 is 0. The highest BCUT2D eigenvalue weighted by Gasteiger charge is 2.42. The van der Waals surface area contributed by atoms with Crippen LogP contribution in [0.5, 0.6) is 0 Å². The number of hydrogen-bond donors (Lipinski definition) is 0. The van der Waals surface area contributed by atoms with Crippen LogP contribution in [0.4, 0.5) is 0 Å². The van der Waals surface area contributed by atoms with E-state index in [1.165, 1.54) is 5.57 Å². The summed E-state index contributed by atoms with van der Waals surface area (Å²) in [5, 5.41) is 0. The van der Waals surface area contributed by atoms with E-state index in [9.17, 15) is 4.79 Å². The number of Topliss-reactive ketones (excluding diaryl/α,β-unsaturated/α-hetero) is 1. The predicted octanol–water partition coefficient (Wildman–Crippen LogP) is 3.76.